The number of hydrogen-bond donors (Lipinski definition) is 2. The molecule has 0 saturated carbocycles. The van der Waals surface area contributed by atoms with Crippen LogP contribution in [0.2, 0.25) is 5.02 Å². The Kier molecular flexibility index (Phi) is 7.38. The van der Waals surface area contributed by atoms with Crippen LogP contribution in [0.25, 0.3) is 0 Å². The van der Waals surface area contributed by atoms with Crippen molar-refractivity contribution in [3.8, 4) is 0 Å². The molecule has 3 rings (SSSR count). The second kappa shape index (κ2) is 10.2. The molecule has 0 atom stereocenters. The van der Waals surface area contributed by atoms with Crippen molar-refractivity contribution in [2.45, 2.75) is 13.3 Å². The van der Waals surface area contributed by atoms with E-state index < -0.39 is 0 Å². The molecule has 5 nitrogen and oxygen atoms in total. The highest BCUT2D eigenvalue weighted by Gasteiger charge is 2.10. The summed E-state index contributed by atoms with van der Waals surface area (Å²) in [4.78, 5) is 24.4. The van der Waals surface area contributed by atoms with Crippen LogP contribution in [-0.2, 0) is 11.2 Å². The molecular formula is C23H19BrClN3O2. The second-order valence-corrected chi connectivity index (χ2v) is 7.87. The number of hydrogen-bond acceptors (Lipinski definition) is 3. The molecule has 0 spiro atoms. The van der Waals surface area contributed by atoms with Gasteiger partial charge in [-0.05, 0) is 54.4 Å². The highest BCUT2D eigenvalue weighted by molar-refractivity contribution is 9.10. The molecule has 0 saturated heterocycles. The van der Waals surface area contributed by atoms with Crippen LogP contribution < -0.4 is 10.7 Å². The molecular weight excluding hydrogens is 466 g/mol. The number of nitrogens with one attached hydrogen (secondary N) is 2. The predicted octanol–water partition coefficient (Wildman–Crippen LogP) is 5.44. The minimum atomic E-state index is -0.279. The number of amides is 2. The molecule has 2 amide bonds. The molecule has 7 heteroatoms. The van der Waals surface area contributed by atoms with E-state index in [1.807, 2.05) is 36.4 Å². The van der Waals surface area contributed by atoms with E-state index in [0.717, 1.165) is 15.6 Å². The largest absolute Gasteiger partial charge is 0.322 e. The number of rotatable bonds is 6. The Labute approximate surface area is 188 Å². The van der Waals surface area contributed by atoms with Crippen LogP contribution in [0.4, 0.5) is 5.69 Å². The lowest BCUT2D eigenvalue weighted by molar-refractivity contribution is -0.120. The third-order valence-corrected chi connectivity index (χ3v) is 5.16. The number of benzene rings is 3. The van der Waals surface area contributed by atoms with E-state index in [9.17, 15) is 9.59 Å². The molecule has 0 radical (unpaired) electrons. The fraction of sp³-hybridized carbons (Fsp3) is 0.0870. The first-order chi connectivity index (χ1) is 14.4. The molecule has 152 valence electrons. The average Bonchev–Trinajstić information content (AvgIpc) is 2.74. The zero-order valence-corrected chi connectivity index (χ0v) is 18.5. The Balaban J connectivity index is 1.58. The van der Waals surface area contributed by atoms with Gasteiger partial charge in [0.05, 0.1) is 22.7 Å². The Morgan fingerprint density at radius 1 is 0.967 bits per heavy atom. The molecule has 0 aliphatic carbocycles. The van der Waals surface area contributed by atoms with Crippen molar-refractivity contribution >= 4 is 50.7 Å². The maximum Gasteiger partial charge on any atom is 0.257 e. The summed E-state index contributed by atoms with van der Waals surface area (Å²) in [6.07, 6.45) is 0.247. The van der Waals surface area contributed by atoms with Crippen LogP contribution in [-0.4, -0.2) is 17.5 Å². The van der Waals surface area contributed by atoms with Gasteiger partial charge >= 0.3 is 0 Å². The van der Waals surface area contributed by atoms with Crippen LogP contribution in [0.15, 0.2) is 82.4 Å². The van der Waals surface area contributed by atoms with Crippen LogP contribution >= 0.6 is 27.5 Å². The van der Waals surface area contributed by atoms with Gasteiger partial charge in [0.2, 0.25) is 5.91 Å². The standard InChI is InChI=1S/C23H19BrClN3O2/c1-15(27-28-22(29)14-16-6-10-18(24)11-7-16)17-8-12-19(13-9-17)26-23(30)20-4-2-3-5-21(20)25/h2-13H,14H2,1H3,(H,26,30)(H,28,29)/b27-15+. The van der Waals surface area contributed by atoms with Gasteiger partial charge in [0.15, 0.2) is 0 Å². The Bertz CT molecular complexity index is 1080. The first kappa shape index (κ1) is 21.7. The Morgan fingerprint density at radius 3 is 2.30 bits per heavy atom. The summed E-state index contributed by atoms with van der Waals surface area (Å²) in [5.41, 5.74) is 6.01. The Hall–Kier alpha value is -2.96. The van der Waals surface area contributed by atoms with Gasteiger partial charge in [0.1, 0.15) is 0 Å². The van der Waals surface area contributed by atoms with Crippen LogP contribution in [0.5, 0.6) is 0 Å². The smallest absolute Gasteiger partial charge is 0.257 e. The maximum atomic E-state index is 12.3. The van der Waals surface area contributed by atoms with Gasteiger partial charge in [-0.3, -0.25) is 9.59 Å². The molecule has 0 unspecified atom stereocenters. The van der Waals surface area contributed by atoms with E-state index in [1.54, 1.807) is 43.3 Å². The van der Waals surface area contributed by atoms with E-state index in [2.05, 4.69) is 31.8 Å². The number of carbonyl (C=O) groups excluding carboxylic acids is 2. The van der Waals surface area contributed by atoms with Gasteiger partial charge in [-0.2, -0.15) is 5.10 Å². The van der Waals surface area contributed by atoms with Crippen molar-refractivity contribution in [1.29, 1.82) is 0 Å². The summed E-state index contributed by atoms with van der Waals surface area (Å²) in [5.74, 6) is -0.473. The van der Waals surface area contributed by atoms with Gasteiger partial charge in [0, 0.05) is 10.2 Å². The molecule has 2 N–H and O–H groups in total. The summed E-state index contributed by atoms with van der Waals surface area (Å²) >= 11 is 9.43. The third-order valence-electron chi connectivity index (χ3n) is 4.31. The molecule has 0 aromatic heterocycles. The SMILES string of the molecule is C/C(=N\NC(=O)Cc1ccc(Br)cc1)c1ccc(NC(=O)c2ccccc2Cl)cc1. The van der Waals surface area contributed by atoms with E-state index >= 15 is 0 Å². The number of nitrogens with zero attached hydrogens (tertiary/aromatic N) is 1. The monoisotopic (exact) mass is 483 g/mol. The van der Waals surface area contributed by atoms with Gasteiger partial charge in [0.25, 0.3) is 5.91 Å². The van der Waals surface area contributed by atoms with Crippen molar-refractivity contribution in [3.05, 3.63) is 99.0 Å². The zero-order valence-electron chi connectivity index (χ0n) is 16.2. The van der Waals surface area contributed by atoms with Crippen LogP contribution in [0.1, 0.15) is 28.4 Å². The lowest BCUT2D eigenvalue weighted by Gasteiger charge is -2.08. The average molecular weight is 485 g/mol. The first-order valence-electron chi connectivity index (χ1n) is 9.16. The molecule has 3 aromatic carbocycles. The number of carbonyl (C=O) groups is 2. The minimum Gasteiger partial charge on any atom is -0.322 e. The molecule has 3 aromatic rings. The predicted molar refractivity (Wildman–Crippen MR) is 124 cm³/mol. The lowest BCUT2D eigenvalue weighted by atomic mass is 10.1. The second-order valence-electron chi connectivity index (χ2n) is 6.55. The number of anilines is 1. The van der Waals surface area contributed by atoms with Gasteiger partial charge in [-0.1, -0.05) is 63.9 Å². The Morgan fingerprint density at radius 2 is 1.63 bits per heavy atom. The fourth-order valence-electron chi connectivity index (χ4n) is 2.68. The summed E-state index contributed by atoms with van der Waals surface area (Å²) in [5, 5.41) is 7.37. The van der Waals surface area contributed by atoms with E-state index in [0.29, 0.717) is 22.0 Å². The molecule has 0 aliphatic rings. The normalized spacial score (nSPS) is 11.1. The van der Waals surface area contributed by atoms with Crippen molar-refractivity contribution in [2.75, 3.05) is 5.32 Å². The molecule has 0 bridgehead atoms. The summed E-state index contributed by atoms with van der Waals surface area (Å²) in [6.45, 7) is 1.80. The van der Waals surface area contributed by atoms with Crippen molar-refractivity contribution in [3.63, 3.8) is 0 Å². The first-order valence-corrected chi connectivity index (χ1v) is 10.3. The minimum absolute atomic E-state index is 0.194. The fourth-order valence-corrected chi connectivity index (χ4v) is 3.16. The van der Waals surface area contributed by atoms with E-state index in [1.165, 1.54) is 0 Å². The topological polar surface area (TPSA) is 70.6 Å². The lowest BCUT2D eigenvalue weighted by Crippen LogP contribution is -2.21. The summed E-state index contributed by atoms with van der Waals surface area (Å²) in [7, 11) is 0. The highest BCUT2D eigenvalue weighted by atomic mass is 79.9. The van der Waals surface area contributed by atoms with Crippen LogP contribution in [0, 0.1) is 0 Å². The quantitative estimate of drug-likeness (QED) is 0.361. The highest BCUT2D eigenvalue weighted by Crippen LogP contribution is 2.18. The van der Waals surface area contributed by atoms with E-state index in [4.69, 9.17) is 11.6 Å². The van der Waals surface area contributed by atoms with Crippen molar-refractivity contribution < 1.29 is 9.59 Å². The maximum absolute atomic E-state index is 12.3. The summed E-state index contributed by atoms with van der Waals surface area (Å²) < 4.78 is 0.965. The van der Waals surface area contributed by atoms with Gasteiger partial charge < -0.3 is 5.32 Å². The summed E-state index contributed by atoms with van der Waals surface area (Å²) in [6, 6.07) is 21.6. The molecule has 30 heavy (non-hydrogen) atoms. The van der Waals surface area contributed by atoms with Crippen molar-refractivity contribution in [1.82, 2.24) is 5.43 Å². The van der Waals surface area contributed by atoms with Gasteiger partial charge in [-0.15, -0.1) is 0 Å². The van der Waals surface area contributed by atoms with E-state index in [-0.39, 0.29) is 18.2 Å². The molecule has 0 heterocycles. The number of halogens is 2. The number of hydrazone groups is 1. The molecule has 0 aliphatic heterocycles. The molecule has 0 fully saturated rings. The van der Waals surface area contributed by atoms with Gasteiger partial charge in [-0.25, -0.2) is 5.43 Å². The van der Waals surface area contributed by atoms with Crippen LogP contribution in [0.3, 0.4) is 0 Å². The van der Waals surface area contributed by atoms with Crippen molar-refractivity contribution in [2.24, 2.45) is 5.10 Å². The third kappa shape index (κ3) is 6.02. The zero-order chi connectivity index (χ0) is 21.5.